The molecule has 10 heteroatoms. The number of ether oxygens (including phenoxy) is 2. The van der Waals surface area contributed by atoms with E-state index in [1.54, 1.807) is 66.7 Å². The Morgan fingerprint density at radius 1 is 1.03 bits per heavy atom. The number of carbonyl (C=O) groups is 2. The molecule has 0 aliphatic carbocycles. The van der Waals surface area contributed by atoms with Crippen LogP contribution in [0, 0.1) is 0 Å². The zero-order valence-corrected chi connectivity index (χ0v) is 20.4. The second-order valence-corrected chi connectivity index (χ2v) is 9.17. The van der Waals surface area contributed by atoms with Gasteiger partial charge in [-0.25, -0.2) is 4.98 Å². The molecule has 5 rings (SSSR count). The van der Waals surface area contributed by atoms with Gasteiger partial charge in [0.15, 0.2) is 17.3 Å². The number of methoxy groups -OCH3 is 1. The summed E-state index contributed by atoms with van der Waals surface area (Å²) in [6, 6.07) is 19.2. The summed E-state index contributed by atoms with van der Waals surface area (Å²) in [4.78, 5) is 41.6. The van der Waals surface area contributed by atoms with Gasteiger partial charge in [-0.1, -0.05) is 35.9 Å². The lowest BCUT2D eigenvalue weighted by Crippen LogP contribution is -2.25. The van der Waals surface area contributed by atoms with Crippen molar-refractivity contribution in [2.45, 2.75) is 6.61 Å². The van der Waals surface area contributed by atoms with Crippen molar-refractivity contribution in [2.75, 3.05) is 7.11 Å². The smallest absolute Gasteiger partial charge is 0.290 e. The van der Waals surface area contributed by atoms with Gasteiger partial charge in [-0.3, -0.25) is 24.3 Å². The van der Waals surface area contributed by atoms with Crippen LogP contribution in [-0.4, -0.2) is 27.8 Å². The van der Waals surface area contributed by atoms with Crippen LogP contribution in [0.1, 0.15) is 11.4 Å². The van der Waals surface area contributed by atoms with Crippen molar-refractivity contribution >= 4 is 51.5 Å². The first-order valence-electron chi connectivity index (χ1n) is 10.8. The number of fused-ring (bicyclic) bond motifs is 1. The van der Waals surface area contributed by atoms with Gasteiger partial charge in [0, 0.05) is 5.02 Å². The van der Waals surface area contributed by atoms with Gasteiger partial charge < -0.3 is 9.47 Å². The van der Waals surface area contributed by atoms with E-state index < -0.39 is 11.1 Å². The van der Waals surface area contributed by atoms with Gasteiger partial charge in [0.2, 0.25) is 0 Å². The molecule has 1 N–H and O–H groups in total. The quantitative estimate of drug-likeness (QED) is 0.360. The van der Waals surface area contributed by atoms with Crippen molar-refractivity contribution in [1.82, 2.24) is 14.9 Å². The van der Waals surface area contributed by atoms with Crippen molar-refractivity contribution in [3.05, 3.63) is 98.4 Å². The standard InChI is InChI=1S/C26H18ClN3O5S/c1-34-21-11-15(12-22-24(31)29-26(33)36-22)9-10-20(21)35-14-23-28-19-8-3-2-7-18(19)25(32)30(23)17-6-4-5-16(27)13-17/h2-13H,14H2,1H3,(H,29,31,33)/b22-12+. The fourth-order valence-corrected chi connectivity index (χ4v) is 4.63. The second kappa shape index (κ2) is 9.88. The van der Waals surface area contributed by atoms with E-state index in [4.69, 9.17) is 21.1 Å². The number of hydrogen-bond acceptors (Lipinski definition) is 7. The third-order valence-corrected chi connectivity index (χ3v) is 6.44. The Hall–Kier alpha value is -4.08. The van der Waals surface area contributed by atoms with Gasteiger partial charge in [-0.2, -0.15) is 0 Å². The van der Waals surface area contributed by atoms with Crippen LogP contribution in [0.25, 0.3) is 22.7 Å². The molecule has 0 spiro atoms. The monoisotopic (exact) mass is 519 g/mol. The Kier molecular flexibility index (Phi) is 6.49. The first-order valence-corrected chi connectivity index (χ1v) is 11.9. The molecule has 3 aromatic carbocycles. The van der Waals surface area contributed by atoms with Gasteiger partial charge in [0.1, 0.15) is 6.61 Å². The van der Waals surface area contributed by atoms with Crippen LogP contribution in [0.5, 0.6) is 11.5 Å². The number of hydrogen-bond donors (Lipinski definition) is 1. The Morgan fingerprint density at radius 3 is 2.61 bits per heavy atom. The summed E-state index contributed by atoms with van der Waals surface area (Å²) < 4.78 is 13.0. The molecular weight excluding hydrogens is 502 g/mol. The second-order valence-electron chi connectivity index (χ2n) is 7.72. The highest BCUT2D eigenvalue weighted by molar-refractivity contribution is 8.18. The Labute approximate surface area is 214 Å². The number of halogens is 1. The van der Waals surface area contributed by atoms with Gasteiger partial charge in [-0.05, 0) is 65.9 Å². The Morgan fingerprint density at radius 2 is 1.86 bits per heavy atom. The summed E-state index contributed by atoms with van der Waals surface area (Å²) in [7, 11) is 1.50. The maximum atomic E-state index is 13.4. The number of benzene rings is 3. The number of aromatic nitrogens is 2. The SMILES string of the molecule is COc1cc(/C=C2/SC(=O)NC2=O)ccc1OCc1nc2ccccc2c(=O)n1-c1cccc(Cl)c1. The molecule has 1 aromatic heterocycles. The van der Waals surface area contributed by atoms with Crippen molar-refractivity contribution in [3.63, 3.8) is 0 Å². The van der Waals surface area contributed by atoms with Gasteiger partial charge in [0.25, 0.3) is 16.7 Å². The highest BCUT2D eigenvalue weighted by atomic mass is 35.5. The number of nitrogens with zero attached hydrogens (tertiary/aromatic N) is 2. The molecule has 4 aromatic rings. The molecular formula is C26H18ClN3O5S. The molecule has 8 nitrogen and oxygen atoms in total. The molecule has 0 unspecified atom stereocenters. The first-order chi connectivity index (χ1) is 17.4. The van der Waals surface area contributed by atoms with Crippen molar-refractivity contribution < 1.29 is 19.1 Å². The normalized spacial score (nSPS) is 14.3. The fraction of sp³-hybridized carbons (Fsp3) is 0.0769. The molecule has 180 valence electrons. The van der Waals surface area contributed by atoms with Gasteiger partial charge in [0.05, 0.1) is 28.6 Å². The topological polar surface area (TPSA) is 99.5 Å². The Balaban J connectivity index is 1.50. The average Bonchev–Trinajstić information content (AvgIpc) is 3.19. The predicted molar refractivity (Wildman–Crippen MR) is 139 cm³/mol. The maximum Gasteiger partial charge on any atom is 0.290 e. The van der Waals surface area contributed by atoms with Crippen LogP contribution in [0.4, 0.5) is 4.79 Å². The highest BCUT2D eigenvalue weighted by Gasteiger charge is 2.25. The highest BCUT2D eigenvalue weighted by Crippen LogP contribution is 2.32. The number of rotatable bonds is 6. The van der Waals surface area contributed by atoms with E-state index in [1.807, 2.05) is 6.07 Å². The number of amides is 2. The summed E-state index contributed by atoms with van der Waals surface area (Å²) in [5.41, 5.74) is 1.54. The first kappa shape index (κ1) is 23.7. The van der Waals surface area contributed by atoms with Crippen LogP contribution in [0.2, 0.25) is 5.02 Å². The number of nitrogens with one attached hydrogen (secondary N) is 1. The summed E-state index contributed by atoms with van der Waals surface area (Å²) in [5, 5.41) is 2.78. The third kappa shape index (κ3) is 4.71. The molecule has 1 saturated heterocycles. The molecule has 36 heavy (non-hydrogen) atoms. The summed E-state index contributed by atoms with van der Waals surface area (Å²) in [5.74, 6) is 0.772. The van der Waals surface area contributed by atoms with Crippen LogP contribution in [-0.2, 0) is 11.4 Å². The lowest BCUT2D eigenvalue weighted by molar-refractivity contribution is -0.115. The average molecular weight is 520 g/mol. The minimum Gasteiger partial charge on any atom is -0.493 e. The van der Waals surface area contributed by atoms with E-state index in [0.29, 0.717) is 49.4 Å². The molecule has 2 heterocycles. The lowest BCUT2D eigenvalue weighted by atomic mass is 10.2. The van der Waals surface area contributed by atoms with Gasteiger partial charge >= 0.3 is 0 Å². The minimum atomic E-state index is -0.439. The van der Waals surface area contributed by atoms with Crippen molar-refractivity contribution in [3.8, 4) is 17.2 Å². The third-order valence-electron chi connectivity index (χ3n) is 5.40. The number of imide groups is 1. The predicted octanol–water partition coefficient (Wildman–Crippen LogP) is 4.95. The number of thioether (sulfide) groups is 1. The molecule has 2 amide bonds. The van der Waals surface area contributed by atoms with Crippen LogP contribution < -0.4 is 20.3 Å². The van der Waals surface area contributed by atoms with E-state index >= 15 is 0 Å². The molecule has 1 fully saturated rings. The zero-order valence-electron chi connectivity index (χ0n) is 18.9. The van der Waals surface area contributed by atoms with Crippen LogP contribution in [0.15, 0.2) is 76.4 Å². The molecule has 0 bridgehead atoms. The Bertz CT molecular complexity index is 1620. The van der Waals surface area contributed by atoms with Crippen LogP contribution in [0.3, 0.4) is 0 Å². The maximum absolute atomic E-state index is 13.4. The zero-order chi connectivity index (χ0) is 25.2. The fourth-order valence-electron chi connectivity index (χ4n) is 3.76. The minimum absolute atomic E-state index is 0.0316. The number of para-hydroxylation sites is 1. The molecule has 0 saturated carbocycles. The molecule has 0 radical (unpaired) electrons. The summed E-state index contributed by atoms with van der Waals surface area (Å²) >= 11 is 7.03. The largest absolute Gasteiger partial charge is 0.493 e. The lowest BCUT2D eigenvalue weighted by Gasteiger charge is -2.16. The van der Waals surface area contributed by atoms with E-state index in [9.17, 15) is 14.4 Å². The van der Waals surface area contributed by atoms with Gasteiger partial charge in [-0.15, -0.1) is 0 Å². The molecule has 1 aliphatic heterocycles. The van der Waals surface area contributed by atoms with E-state index in [2.05, 4.69) is 10.3 Å². The summed E-state index contributed by atoms with van der Waals surface area (Å²) in [6.45, 7) is -0.0316. The van der Waals surface area contributed by atoms with Crippen molar-refractivity contribution in [1.29, 1.82) is 0 Å². The molecule has 1 aliphatic rings. The summed E-state index contributed by atoms with van der Waals surface area (Å²) in [6.07, 6.45) is 1.60. The van der Waals surface area contributed by atoms with Crippen molar-refractivity contribution in [2.24, 2.45) is 0 Å². The van der Waals surface area contributed by atoms with E-state index in [-0.39, 0.29) is 12.2 Å². The van der Waals surface area contributed by atoms with E-state index in [0.717, 1.165) is 11.8 Å². The molecule has 0 atom stereocenters. The van der Waals surface area contributed by atoms with Crippen LogP contribution >= 0.6 is 23.4 Å². The van der Waals surface area contributed by atoms with E-state index in [1.165, 1.54) is 11.7 Å². The number of carbonyl (C=O) groups excluding carboxylic acids is 2.